The molecule has 1 aromatic carbocycles. The van der Waals surface area contributed by atoms with E-state index in [9.17, 15) is 9.59 Å². The molecule has 2 amide bonds. The van der Waals surface area contributed by atoms with Crippen molar-refractivity contribution in [2.24, 2.45) is 5.92 Å². The average molecular weight is 393 g/mol. The number of carbonyl (C=O) groups excluding carboxylic acids is 2. The molecule has 4 N–H and O–H groups in total. The summed E-state index contributed by atoms with van der Waals surface area (Å²) in [5.74, 6) is 0.807. The van der Waals surface area contributed by atoms with Gasteiger partial charge in [0.05, 0.1) is 11.9 Å². The van der Waals surface area contributed by atoms with Gasteiger partial charge in [0.2, 0.25) is 0 Å². The number of hydrogen-bond donors (Lipinski definition) is 3. The predicted octanol–water partition coefficient (Wildman–Crippen LogP) is 2.72. The van der Waals surface area contributed by atoms with E-state index in [4.69, 9.17) is 5.73 Å². The maximum atomic E-state index is 12.9. The van der Waals surface area contributed by atoms with E-state index in [1.54, 1.807) is 16.8 Å². The van der Waals surface area contributed by atoms with Gasteiger partial charge in [0.1, 0.15) is 11.4 Å². The van der Waals surface area contributed by atoms with Crippen LogP contribution in [0.4, 0.5) is 5.82 Å². The molecule has 0 radical (unpaired) electrons. The summed E-state index contributed by atoms with van der Waals surface area (Å²) in [5.41, 5.74) is 8.87. The van der Waals surface area contributed by atoms with E-state index in [2.05, 4.69) is 15.7 Å². The molecule has 0 aliphatic heterocycles. The van der Waals surface area contributed by atoms with E-state index in [1.807, 2.05) is 13.0 Å². The summed E-state index contributed by atoms with van der Waals surface area (Å²) in [6.07, 6.45) is 9.18. The summed E-state index contributed by atoms with van der Waals surface area (Å²) < 4.78 is 1.56. The number of anilines is 1. The van der Waals surface area contributed by atoms with E-state index in [0.717, 1.165) is 43.6 Å². The van der Waals surface area contributed by atoms with Crippen LogP contribution in [0, 0.1) is 12.8 Å². The van der Waals surface area contributed by atoms with Gasteiger partial charge in [-0.1, -0.05) is 6.07 Å². The quantitative estimate of drug-likeness (QED) is 0.727. The van der Waals surface area contributed by atoms with Crippen molar-refractivity contribution in [3.05, 3.63) is 41.1 Å². The number of hydrogen-bond acceptors (Lipinski definition) is 4. The Balaban J connectivity index is 1.40. The molecule has 0 atom stereocenters. The van der Waals surface area contributed by atoms with Crippen LogP contribution >= 0.6 is 0 Å². The second-order valence-electron chi connectivity index (χ2n) is 8.99. The third-order valence-electron chi connectivity index (χ3n) is 6.78. The summed E-state index contributed by atoms with van der Waals surface area (Å²) in [6.45, 7) is 1.94. The molecule has 0 unspecified atom stereocenters. The standard InChI is InChI=1S/C22H27N5O2/c1-13-2-3-15(20(28)25-16-4-5-16)10-18(13)27-19(23)17(12-24-27)21(29)26-22-8-6-14(11-22)7-9-22/h2-3,10,12,14,16H,4-9,11,23H2,1H3,(H,25,28)(H,26,29). The number of nitrogens with two attached hydrogens (primary N) is 1. The Morgan fingerprint density at radius 2 is 1.93 bits per heavy atom. The number of fused-ring (bicyclic) bond motifs is 2. The Morgan fingerprint density at radius 1 is 1.17 bits per heavy atom. The number of nitrogens with one attached hydrogen (secondary N) is 2. The third-order valence-corrected chi connectivity index (χ3v) is 6.78. The van der Waals surface area contributed by atoms with Gasteiger partial charge in [-0.2, -0.15) is 5.10 Å². The minimum Gasteiger partial charge on any atom is -0.383 e. The minimum atomic E-state index is -0.156. The molecule has 5 rings (SSSR count). The maximum absolute atomic E-state index is 12.9. The van der Waals surface area contributed by atoms with Gasteiger partial charge in [0.25, 0.3) is 11.8 Å². The maximum Gasteiger partial charge on any atom is 0.257 e. The fourth-order valence-electron chi connectivity index (χ4n) is 4.88. The molecule has 3 aliphatic rings. The lowest BCUT2D eigenvalue weighted by Crippen LogP contribution is -2.45. The monoisotopic (exact) mass is 393 g/mol. The highest BCUT2D eigenvalue weighted by atomic mass is 16.2. The van der Waals surface area contributed by atoms with Crippen molar-refractivity contribution in [2.45, 2.75) is 63.5 Å². The first-order valence-corrected chi connectivity index (χ1v) is 10.5. The van der Waals surface area contributed by atoms with Crippen molar-refractivity contribution in [2.75, 3.05) is 5.73 Å². The zero-order valence-corrected chi connectivity index (χ0v) is 16.7. The van der Waals surface area contributed by atoms with Crippen LogP contribution in [0.3, 0.4) is 0 Å². The van der Waals surface area contributed by atoms with Crippen LogP contribution in [0.5, 0.6) is 0 Å². The van der Waals surface area contributed by atoms with Crippen molar-refractivity contribution in [3.8, 4) is 5.69 Å². The first-order valence-electron chi connectivity index (χ1n) is 10.5. The lowest BCUT2D eigenvalue weighted by atomic mass is 9.93. The normalized spacial score (nSPS) is 25.2. The number of amides is 2. The Labute approximate surface area is 170 Å². The molecule has 1 heterocycles. The molecule has 3 saturated carbocycles. The largest absolute Gasteiger partial charge is 0.383 e. The molecule has 2 aromatic rings. The molecule has 1 aromatic heterocycles. The van der Waals surface area contributed by atoms with Crippen LogP contribution in [0.1, 0.15) is 71.2 Å². The predicted molar refractivity (Wildman–Crippen MR) is 110 cm³/mol. The van der Waals surface area contributed by atoms with Gasteiger partial charge in [0.15, 0.2) is 0 Å². The fraction of sp³-hybridized carbons (Fsp3) is 0.500. The van der Waals surface area contributed by atoms with E-state index in [-0.39, 0.29) is 17.4 Å². The van der Waals surface area contributed by atoms with Gasteiger partial charge in [-0.15, -0.1) is 0 Å². The summed E-state index contributed by atoms with van der Waals surface area (Å²) in [7, 11) is 0. The summed E-state index contributed by atoms with van der Waals surface area (Å²) in [5, 5.41) is 10.6. The third kappa shape index (κ3) is 3.28. The number of carbonyl (C=O) groups is 2. The van der Waals surface area contributed by atoms with Gasteiger partial charge in [-0.25, -0.2) is 4.68 Å². The summed E-state index contributed by atoms with van der Waals surface area (Å²) in [4.78, 5) is 25.3. The van der Waals surface area contributed by atoms with E-state index < -0.39 is 0 Å². The van der Waals surface area contributed by atoms with Crippen molar-refractivity contribution < 1.29 is 9.59 Å². The lowest BCUT2D eigenvalue weighted by Gasteiger charge is -2.27. The van der Waals surface area contributed by atoms with Gasteiger partial charge < -0.3 is 16.4 Å². The Hall–Kier alpha value is -2.83. The average Bonchev–Trinajstić information content (AvgIpc) is 3.11. The van der Waals surface area contributed by atoms with Crippen LogP contribution in [-0.2, 0) is 0 Å². The highest BCUT2D eigenvalue weighted by molar-refractivity contribution is 5.99. The summed E-state index contributed by atoms with van der Waals surface area (Å²) >= 11 is 0. The lowest BCUT2D eigenvalue weighted by molar-refractivity contribution is 0.0900. The first kappa shape index (κ1) is 18.2. The van der Waals surface area contributed by atoms with E-state index in [0.29, 0.717) is 28.7 Å². The number of nitrogens with zero attached hydrogens (tertiary/aromatic N) is 2. The van der Waals surface area contributed by atoms with Crippen LogP contribution in [0.25, 0.3) is 5.69 Å². The second-order valence-corrected chi connectivity index (χ2v) is 8.99. The van der Waals surface area contributed by atoms with Crippen molar-refractivity contribution in [3.63, 3.8) is 0 Å². The first-order chi connectivity index (χ1) is 13.9. The topological polar surface area (TPSA) is 102 Å². The molecule has 0 spiro atoms. The van der Waals surface area contributed by atoms with Gasteiger partial charge >= 0.3 is 0 Å². The van der Waals surface area contributed by atoms with Crippen molar-refractivity contribution in [1.29, 1.82) is 0 Å². The molecule has 7 nitrogen and oxygen atoms in total. The van der Waals surface area contributed by atoms with Crippen LogP contribution in [0.2, 0.25) is 0 Å². The van der Waals surface area contributed by atoms with Gasteiger partial charge in [-0.3, -0.25) is 9.59 Å². The van der Waals surface area contributed by atoms with Gasteiger partial charge in [-0.05, 0) is 75.5 Å². The molecule has 152 valence electrons. The number of aryl methyl sites for hydroxylation is 1. The fourth-order valence-corrected chi connectivity index (χ4v) is 4.88. The minimum absolute atomic E-state index is 0.0625. The number of aromatic nitrogens is 2. The van der Waals surface area contributed by atoms with Crippen molar-refractivity contribution in [1.82, 2.24) is 20.4 Å². The van der Waals surface area contributed by atoms with E-state index >= 15 is 0 Å². The Bertz CT molecular complexity index is 983. The molecule has 7 heteroatoms. The molecular weight excluding hydrogens is 366 g/mol. The molecule has 2 bridgehead atoms. The molecule has 0 saturated heterocycles. The van der Waals surface area contributed by atoms with Crippen LogP contribution in [-0.4, -0.2) is 33.2 Å². The molecule has 3 aliphatic carbocycles. The number of benzene rings is 1. The second kappa shape index (κ2) is 6.61. The zero-order valence-electron chi connectivity index (χ0n) is 16.7. The molecular formula is C22H27N5O2. The highest BCUT2D eigenvalue weighted by Crippen LogP contribution is 2.47. The van der Waals surface area contributed by atoms with Gasteiger partial charge in [0, 0.05) is 17.1 Å². The summed E-state index contributed by atoms with van der Waals surface area (Å²) in [6, 6.07) is 5.77. The molecule has 3 fully saturated rings. The van der Waals surface area contributed by atoms with E-state index in [1.165, 1.54) is 19.0 Å². The van der Waals surface area contributed by atoms with Crippen molar-refractivity contribution >= 4 is 17.6 Å². The Kier molecular flexibility index (Phi) is 4.15. The number of nitrogen functional groups attached to an aromatic ring is 1. The Morgan fingerprint density at radius 3 is 2.59 bits per heavy atom. The van der Waals surface area contributed by atoms with Crippen LogP contribution < -0.4 is 16.4 Å². The molecule has 29 heavy (non-hydrogen) atoms. The highest BCUT2D eigenvalue weighted by Gasteiger charge is 2.46. The van der Waals surface area contributed by atoms with Crippen LogP contribution in [0.15, 0.2) is 24.4 Å². The zero-order chi connectivity index (χ0) is 20.2. The SMILES string of the molecule is Cc1ccc(C(=O)NC2CC2)cc1-n1ncc(C(=O)NC23CCC(CC2)C3)c1N. The number of rotatable bonds is 5. The smallest absolute Gasteiger partial charge is 0.257 e.